The van der Waals surface area contributed by atoms with Gasteiger partial charge in [0.2, 0.25) is 0 Å². The molecule has 0 aliphatic rings. The molecule has 1 atom stereocenters. The van der Waals surface area contributed by atoms with E-state index in [1.54, 1.807) is 6.92 Å². The summed E-state index contributed by atoms with van der Waals surface area (Å²) in [6, 6.07) is 5.16. The number of aliphatic hydroxyl groups is 1. The van der Waals surface area contributed by atoms with Crippen LogP contribution in [-0.4, -0.2) is 37.3 Å². The van der Waals surface area contributed by atoms with E-state index in [2.05, 4.69) is 15.3 Å². The molecule has 2 aromatic heterocycles. The molecule has 27 heavy (non-hydrogen) atoms. The summed E-state index contributed by atoms with van der Waals surface area (Å²) in [6.07, 6.45) is 3.61. The number of fused-ring (bicyclic) bond motifs is 1. The number of aliphatic carboxylic acids is 1. The number of aliphatic hydroxyl groups excluding tert-OH is 1. The largest absolute Gasteiger partial charge is 0.506 e. The van der Waals surface area contributed by atoms with Crippen LogP contribution in [-0.2, 0) is 24.4 Å². The zero-order valence-corrected chi connectivity index (χ0v) is 15.3. The normalized spacial score (nSPS) is 12.4. The average Bonchev–Trinajstić information content (AvgIpc) is 3.03. The van der Waals surface area contributed by atoms with E-state index in [4.69, 9.17) is 0 Å². The zero-order valence-electron chi connectivity index (χ0n) is 15.3. The second-order valence-electron chi connectivity index (χ2n) is 6.69. The van der Waals surface area contributed by atoms with Crippen LogP contribution in [0.5, 0.6) is 5.75 Å². The number of nitrogens with one attached hydrogen (secondary N) is 2. The maximum atomic E-state index is 11.8. The van der Waals surface area contributed by atoms with Crippen LogP contribution in [0.4, 0.5) is 0 Å². The molecule has 0 saturated heterocycles. The first-order chi connectivity index (χ1) is 12.9. The number of aryl methyl sites for hydroxylation is 2. The number of carbonyl (C=O) groups is 1. The highest BCUT2D eigenvalue weighted by molar-refractivity contribution is 5.85. The molecule has 7 heteroatoms. The number of aromatic hydroxyl groups is 1. The van der Waals surface area contributed by atoms with Crippen LogP contribution >= 0.6 is 0 Å². The summed E-state index contributed by atoms with van der Waals surface area (Å²) in [4.78, 5) is 18.9. The fourth-order valence-electron chi connectivity index (χ4n) is 3.17. The minimum Gasteiger partial charge on any atom is -0.506 e. The molecule has 0 aliphatic carbocycles. The highest BCUT2D eigenvalue weighted by atomic mass is 16.4. The van der Waals surface area contributed by atoms with Crippen LogP contribution in [0.15, 0.2) is 30.6 Å². The van der Waals surface area contributed by atoms with Crippen molar-refractivity contribution in [3.8, 4) is 5.75 Å². The molecule has 3 aromatic rings. The summed E-state index contributed by atoms with van der Waals surface area (Å²) in [5.41, 5.74) is 4.34. The molecule has 7 nitrogen and oxygen atoms in total. The Morgan fingerprint density at radius 3 is 2.78 bits per heavy atom. The van der Waals surface area contributed by atoms with Gasteiger partial charge in [-0.25, -0.2) is 0 Å². The van der Waals surface area contributed by atoms with Gasteiger partial charge in [0.1, 0.15) is 11.8 Å². The van der Waals surface area contributed by atoms with Gasteiger partial charge in [-0.1, -0.05) is 11.6 Å². The lowest BCUT2D eigenvalue weighted by atomic mass is 10.0. The quantitative estimate of drug-likeness (QED) is 0.435. The number of nitrogens with zero attached hydrogens (tertiary/aromatic N) is 1. The number of aromatic amines is 1. The molecule has 5 N–H and O–H groups in total. The predicted molar refractivity (Wildman–Crippen MR) is 102 cm³/mol. The third-order valence-electron chi connectivity index (χ3n) is 4.77. The van der Waals surface area contributed by atoms with E-state index < -0.39 is 12.0 Å². The van der Waals surface area contributed by atoms with E-state index >= 15 is 0 Å². The van der Waals surface area contributed by atoms with Gasteiger partial charge in [0.15, 0.2) is 0 Å². The monoisotopic (exact) mass is 369 g/mol. The molecule has 3 rings (SSSR count). The number of pyridine rings is 1. The average molecular weight is 369 g/mol. The molecule has 0 bridgehead atoms. The van der Waals surface area contributed by atoms with Crippen LogP contribution in [0.2, 0.25) is 0 Å². The van der Waals surface area contributed by atoms with E-state index in [0.29, 0.717) is 16.8 Å². The Bertz CT molecular complexity index is 981. The van der Waals surface area contributed by atoms with Crippen LogP contribution in [0.25, 0.3) is 10.9 Å². The van der Waals surface area contributed by atoms with Gasteiger partial charge >= 0.3 is 5.97 Å². The summed E-state index contributed by atoms with van der Waals surface area (Å²) in [5, 5.41) is 33.3. The van der Waals surface area contributed by atoms with Gasteiger partial charge in [0.05, 0.1) is 12.3 Å². The number of carboxylic acid groups (broad SMARTS) is 1. The number of hydrogen-bond donors (Lipinski definition) is 5. The second-order valence-corrected chi connectivity index (χ2v) is 6.69. The third-order valence-corrected chi connectivity index (χ3v) is 4.77. The molecule has 0 fully saturated rings. The Hall–Kier alpha value is -2.90. The highest BCUT2D eigenvalue weighted by Crippen LogP contribution is 2.25. The molecule has 0 aliphatic heterocycles. The van der Waals surface area contributed by atoms with Crippen molar-refractivity contribution in [3.05, 3.63) is 58.5 Å². The number of aromatic nitrogens is 2. The second kappa shape index (κ2) is 7.77. The SMILES string of the molecule is Cc1ccc2[nH]cc(CC(NCc3c(CO)cnc(C)c3O)C(=O)O)c2c1. The Morgan fingerprint density at radius 1 is 1.30 bits per heavy atom. The Morgan fingerprint density at radius 2 is 2.07 bits per heavy atom. The first kappa shape index (κ1) is 18.9. The fourth-order valence-corrected chi connectivity index (χ4v) is 3.17. The summed E-state index contributed by atoms with van der Waals surface area (Å²) >= 11 is 0. The molecule has 0 radical (unpaired) electrons. The van der Waals surface area contributed by atoms with Gasteiger partial charge in [0.25, 0.3) is 0 Å². The fraction of sp³-hybridized carbons (Fsp3) is 0.300. The van der Waals surface area contributed by atoms with Crippen molar-refractivity contribution in [2.45, 2.75) is 39.5 Å². The van der Waals surface area contributed by atoms with Gasteiger partial charge in [-0.3, -0.25) is 15.1 Å². The number of benzene rings is 1. The molecule has 0 spiro atoms. The van der Waals surface area contributed by atoms with E-state index in [1.807, 2.05) is 31.3 Å². The maximum absolute atomic E-state index is 11.8. The first-order valence-corrected chi connectivity index (χ1v) is 8.70. The zero-order chi connectivity index (χ0) is 19.6. The maximum Gasteiger partial charge on any atom is 0.321 e. The number of H-pyrrole nitrogens is 1. The van der Waals surface area contributed by atoms with Crippen molar-refractivity contribution in [1.82, 2.24) is 15.3 Å². The molecule has 142 valence electrons. The van der Waals surface area contributed by atoms with Crippen molar-refractivity contribution < 1.29 is 20.1 Å². The number of rotatable bonds is 7. The summed E-state index contributed by atoms with van der Waals surface area (Å²) in [7, 11) is 0. The van der Waals surface area contributed by atoms with Crippen LogP contribution in [0.1, 0.15) is 27.9 Å². The Kier molecular flexibility index (Phi) is 5.43. The standard InChI is InChI=1S/C20H23N3O4/c1-11-3-4-17-15(5-11)13(7-22-17)6-18(20(26)27)23-9-16-14(10-24)8-21-12(2)19(16)25/h3-5,7-8,18,22-25H,6,9-10H2,1-2H3,(H,26,27). The summed E-state index contributed by atoms with van der Waals surface area (Å²) < 4.78 is 0. The number of hydrogen-bond acceptors (Lipinski definition) is 5. The van der Waals surface area contributed by atoms with Crippen molar-refractivity contribution in [1.29, 1.82) is 0 Å². The lowest BCUT2D eigenvalue weighted by Gasteiger charge is -2.17. The lowest BCUT2D eigenvalue weighted by Crippen LogP contribution is -2.38. The van der Waals surface area contributed by atoms with Crippen LogP contribution in [0, 0.1) is 13.8 Å². The van der Waals surface area contributed by atoms with Gasteiger partial charge in [-0.2, -0.15) is 0 Å². The molecule has 0 amide bonds. The highest BCUT2D eigenvalue weighted by Gasteiger charge is 2.21. The first-order valence-electron chi connectivity index (χ1n) is 8.70. The predicted octanol–water partition coefficient (Wildman–Crippen LogP) is 2.16. The van der Waals surface area contributed by atoms with Crippen LogP contribution in [0.3, 0.4) is 0 Å². The molecule has 1 aromatic carbocycles. The molecular weight excluding hydrogens is 346 g/mol. The minimum atomic E-state index is -0.979. The Balaban J connectivity index is 1.82. The topological polar surface area (TPSA) is 118 Å². The third kappa shape index (κ3) is 3.94. The summed E-state index contributed by atoms with van der Waals surface area (Å²) in [6.45, 7) is 3.48. The van der Waals surface area contributed by atoms with Gasteiger partial charge in [-0.05, 0) is 31.5 Å². The van der Waals surface area contributed by atoms with E-state index in [0.717, 1.165) is 22.0 Å². The van der Waals surface area contributed by atoms with Crippen molar-refractivity contribution in [3.63, 3.8) is 0 Å². The summed E-state index contributed by atoms with van der Waals surface area (Å²) in [5.74, 6) is -1.01. The van der Waals surface area contributed by atoms with Crippen molar-refractivity contribution >= 4 is 16.9 Å². The van der Waals surface area contributed by atoms with Gasteiger partial charge in [0, 0.05) is 47.4 Å². The lowest BCUT2D eigenvalue weighted by molar-refractivity contribution is -0.139. The molecule has 1 unspecified atom stereocenters. The Labute approximate surface area is 156 Å². The number of carboxylic acids is 1. The molecule has 0 saturated carbocycles. The smallest absolute Gasteiger partial charge is 0.321 e. The van der Waals surface area contributed by atoms with Crippen LogP contribution < -0.4 is 5.32 Å². The van der Waals surface area contributed by atoms with E-state index in [9.17, 15) is 20.1 Å². The van der Waals surface area contributed by atoms with Gasteiger partial charge in [-0.15, -0.1) is 0 Å². The van der Waals surface area contributed by atoms with E-state index in [1.165, 1.54) is 6.20 Å². The van der Waals surface area contributed by atoms with Crippen molar-refractivity contribution in [2.24, 2.45) is 0 Å². The van der Waals surface area contributed by atoms with Gasteiger partial charge < -0.3 is 20.3 Å². The van der Waals surface area contributed by atoms with E-state index in [-0.39, 0.29) is 25.3 Å². The molecular formula is C20H23N3O4. The minimum absolute atomic E-state index is 0.0269. The van der Waals surface area contributed by atoms with Crippen molar-refractivity contribution in [2.75, 3.05) is 0 Å². The molecule has 2 heterocycles.